The Kier molecular flexibility index (Phi) is 6.45. The fourth-order valence-electron chi connectivity index (χ4n) is 4.50. The Morgan fingerprint density at radius 3 is 2.45 bits per heavy atom. The molecule has 0 unspecified atom stereocenters. The number of halogens is 1. The number of nitrogens with one attached hydrogen (secondary N) is 1. The second-order valence-electron chi connectivity index (χ2n) is 7.71. The molecule has 2 aromatic carbocycles. The highest BCUT2D eigenvalue weighted by Crippen LogP contribution is 2.48. The van der Waals surface area contributed by atoms with Crippen LogP contribution in [0.4, 0.5) is 5.69 Å². The standard InChI is InChI=1S/C22H24N2O4.ClH/c25-20(14-24-13-16-5-4-12-22(16,15-24)21(26)27)23-17-8-10-19(11-9-17)28-18-6-2-1-3-7-18;/h1-3,6-11,16H,4-5,12-15H2,(H,23,25)(H,26,27);1H/t16-,22+;/m0./s1. The number of ether oxygens (including phenoxy) is 1. The molecule has 2 N–H and O–H groups in total. The van der Waals surface area contributed by atoms with Gasteiger partial charge in [-0.25, -0.2) is 0 Å². The summed E-state index contributed by atoms with van der Waals surface area (Å²) in [5.41, 5.74) is 0.0363. The number of amides is 1. The molecule has 154 valence electrons. The lowest BCUT2D eigenvalue weighted by Crippen LogP contribution is -2.37. The van der Waals surface area contributed by atoms with Crippen molar-refractivity contribution in [2.24, 2.45) is 11.3 Å². The third kappa shape index (κ3) is 4.54. The van der Waals surface area contributed by atoms with Crippen molar-refractivity contribution in [3.63, 3.8) is 0 Å². The fraction of sp³-hybridized carbons (Fsp3) is 0.364. The van der Waals surface area contributed by atoms with E-state index in [1.807, 2.05) is 47.4 Å². The average Bonchev–Trinajstić information content (AvgIpc) is 3.22. The van der Waals surface area contributed by atoms with Gasteiger partial charge in [-0.15, -0.1) is 12.4 Å². The maximum absolute atomic E-state index is 12.4. The Hall–Kier alpha value is -2.57. The van der Waals surface area contributed by atoms with E-state index in [0.717, 1.165) is 18.6 Å². The van der Waals surface area contributed by atoms with Gasteiger partial charge in [-0.05, 0) is 55.2 Å². The lowest BCUT2D eigenvalue weighted by molar-refractivity contribution is -0.149. The Labute approximate surface area is 176 Å². The number of anilines is 1. The lowest BCUT2D eigenvalue weighted by atomic mass is 9.81. The number of carbonyl (C=O) groups is 2. The van der Waals surface area contributed by atoms with E-state index in [2.05, 4.69) is 5.32 Å². The van der Waals surface area contributed by atoms with Gasteiger partial charge in [0.05, 0.1) is 12.0 Å². The van der Waals surface area contributed by atoms with Crippen molar-refractivity contribution in [3.05, 3.63) is 54.6 Å². The first kappa shape index (κ1) is 21.1. The van der Waals surface area contributed by atoms with Crippen LogP contribution in [0.5, 0.6) is 11.5 Å². The number of carbonyl (C=O) groups excluding carboxylic acids is 1. The SMILES string of the molecule is Cl.O=C(CN1C[C@@H]2CCC[C@@]2(C(=O)O)C1)Nc1ccc(Oc2ccccc2)cc1. The second kappa shape index (κ2) is 8.84. The normalized spacial score (nSPS) is 23.1. The van der Waals surface area contributed by atoms with Crippen LogP contribution in [0.25, 0.3) is 0 Å². The van der Waals surface area contributed by atoms with Crippen molar-refractivity contribution in [1.82, 2.24) is 4.90 Å². The maximum atomic E-state index is 12.4. The molecule has 0 aromatic heterocycles. The lowest BCUT2D eigenvalue weighted by Gasteiger charge is -2.23. The number of carboxylic acid groups (broad SMARTS) is 1. The molecule has 1 saturated heterocycles. The van der Waals surface area contributed by atoms with Crippen molar-refractivity contribution < 1.29 is 19.4 Å². The van der Waals surface area contributed by atoms with Crippen LogP contribution < -0.4 is 10.1 Å². The molecular formula is C22H25ClN2O4. The van der Waals surface area contributed by atoms with E-state index < -0.39 is 11.4 Å². The quantitative estimate of drug-likeness (QED) is 0.743. The van der Waals surface area contributed by atoms with Crippen molar-refractivity contribution in [1.29, 1.82) is 0 Å². The number of aliphatic carboxylic acids is 1. The molecule has 1 heterocycles. The summed E-state index contributed by atoms with van der Waals surface area (Å²) in [5, 5.41) is 12.5. The number of hydrogen-bond acceptors (Lipinski definition) is 4. The van der Waals surface area contributed by atoms with E-state index in [1.165, 1.54) is 0 Å². The van der Waals surface area contributed by atoms with Crippen molar-refractivity contribution >= 4 is 30.0 Å². The molecule has 29 heavy (non-hydrogen) atoms. The van der Waals surface area contributed by atoms with Gasteiger partial charge in [0.1, 0.15) is 11.5 Å². The number of benzene rings is 2. The number of para-hydroxylation sites is 1. The highest BCUT2D eigenvalue weighted by molar-refractivity contribution is 5.92. The monoisotopic (exact) mass is 416 g/mol. The van der Waals surface area contributed by atoms with Gasteiger partial charge in [-0.2, -0.15) is 0 Å². The van der Waals surface area contributed by atoms with E-state index in [9.17, 15) is 14.7 Å². The van der Waals surface area contributed by atoms with Crippen LogP contribution in [0.2, 0.25) is 0 Å². The Morgan fingerprint density at radius 1 is 1.10 bits per heavy atom. The fourth-order valence-corrected chi connectivity index (χ4v) is 4.50. The summed E-state index contributed by atoms with van der Waals surface area (Å²) in [4.78, 5) is 26.1. The minimum absolute atomic E-state index is 0. The molecule has 7 heteroatoms. The first-order valence-corrected chi connectivity index (χ1v) is 9.64. The molecule has 4 rings (SSSR count). The predicted molar refractivity (Wildman–Crippen MR) is 113 cm³/mol. The summed E-state index contributed by atoms with van der Waals surface area (Å²) in [7, 11) is 0. The number of hydrogen-bond donors (Lipinski definition) is 2. The predicted octanol–water partition coefficient (Wildman–Crippen LogP) is 4.03. The van der Waals surface area contributed by atoms with Crippen LogP contribution in [0.3, 0.4) is 0 Å². The van der Waals surface area contributed by atoms with Gasteiger partial charge in [0, 0.05) is 18.8 Å². The molecular weight excluding hydrogens is 392 g/mol. The molecule has 0 spiro atoms. The van der Waals surface area contributed by atoms with Gasteiger partial charge >= 0.3 is 5.97 Å². The summed E-state index contributed by atoms with van der Waals surface area (Å²) in [6, 6.07) is 16.7. The third-order valence-electron chi connectivity index (χ3n) is 5.85. The van der Waals surface area contributed by atoms with Gasteiger partial charge in [0.25, 0.3) is 0 Å². The van der Waals surface area contributed by atoms with Gasteiger partial charge in [0.15, 0.2) is 0 Å². The topological polar surface area (TPSA) is 78.9 Å². The van der Waals surface area contributed by atoms with E-state index >= 15 is 0 Å². The maximum Gasteiger partial charge on any atom is 0.311 e. The first-order valence-electron chi connectivity index (χ1n) is 9.64. The number of fused-ring (bicyclic) bond motifs is 1. The van der Waals surface area contributed by atoms with E-state index in [-0.39, 0.29) is 30.8 Å². The smallest absolute Gasteiger partial charge is 0.311 e. The van der Waals surface area contributed by atoms with E-state index in [4.69, 9.17) is 4.74 Å². The van der Waals surface area contributed by atoms with E-state index in [0.29, 0.717) is 30.9 Å². The summed E-state index contributed by atoms with van der Waals surface area (Å²) >= 11 is 0. The van der Waals surface area contributed by atoms with Gasteiger partial charge in [0.2, 0.25) is 5.91 Å². The van der Waals surface area contributed by atoms with Crippen LogP contribution in [-0.4, -0.2) is 41.5 Å². The highest BCUT2D eigenvalue weighted by Gasteiger charge is 2.54. The Balaban J connectivity index is 0.00000240. The molecule has 1 amide bonds. The zero-order valence-electron chi connectivity index (χ0n) is 16.0. The largest absolute Gasteiger partial charge is 0.481 e. The van der Waals surface area contributed by atoms with Crippen LogP contribution in [0, 0.1) is 11.3 Å². The van der Waals surface area contributed by atoms with E-state index in [1.54, 1.807) is 12.1 Å². The molecule has 1 aliphatic heterocycles. The van der Waals surface area contributed by atoms with Crippen molar-refractivity contribution in [3.8, 4) is 11.5 Å². The highest BCUT2D eigenvalue weighted by atomic mass is 35.5. The van der Waals surface area contributed by atoms with Crippen molar-refractivity contribution in [2.75, 3.05) is 25.0 Å². The molecule has 1 saturated carbocycles. The summed E-state index contributed by atoms with van der Waals surface area (Å²) in [5.74, 6) is 0.766. The molecule has 2 fully saturated rings. The Morgan fingerprint density at radius 2 is 1.79 bits per heavy atom. The molecule has 0 bridgehead atoms. The number of nitrogens with zero attached hydrogens (tertiary/aromatic N) is 1. The number of carboxylic acids is 1. The van der Waals surface area contributed by atoms with Gasteiger partial charge < -0.3 is 15.2 Å². The summed E-state index contributed by atoms with van der Waals surface area (Å²) in [6.07, 6.45) is 2.62. The summed E-state index contributed by atoms with van der Waals surface area (Å²) < 4.78 is 5.75. The van der Waals surface area contributed by atoms with Crippen molar-refractivity contribution in [2.45, 2.75) is 19.3 Å². The van der Waals surface area contributed by atoms with Crippen LogP contribution >= 0.6 is 12.4 Å². The van der Waals surface area contributed by atoms with Crippen LogP contribution in [0.1, 0.15) is 19.3 Å². The van der Waals surface area contributed by atoms with Crippen LogP contribution in [-0.2, 0) is 9.59 Å². The molecule has 2 atom stereocenters. The zero-order valence-corrected chi connectivity index (χ0v) is 16.9. The Bertz CT molecular complexity index is 859. The number of likely N-dealkylation sites (tertiary alicyclic amines) is 1. The molecule has 2 aromatic rings. The zero-order chi connectivity index (χ0) is 19.6. The second-order valence-corrected chi connectivity index (χ2v) is 7.71. The number of rotatable bonds is 6. The van der Waals surface area contributed by atoms with Gasteiger partial charge in [-0.1, -0.05) is 24.6 Å². The van der Waals surface area contributed by atoms with Crippen LogP contribution in [0.15, 0.2) is 54.6 Å². The minimum Gasteiger partial charge on any atom is -0.481 e. The molecule has 2 aliphatic rings. The molecule has 0 radical (unpaired) electrons. The molecule has 6 nitrogen and oxygen atoms in total. The molecule has 1 aliphatic carbocycles. The third-order valence-corrected chi connectivity index (χ3v) is 5.85. The minimum atomic E-state index is -0.716. The summed E-state index contributed by atoms with van der Waals surface area (Å²) in [6.45, 7) is 1.36. The first-order chi connectivity index (χ1) is 13.5. The average molecular weight is 417 g/mol. The van der Waals surface area contributed by atoms with Gasteiger partial charge in [-0.3, -0.25) is 14.5 Å².